The van der Waals surface area contributed by atoms with Gasteiger partial charge in [-0.1, -0.05) is 27.7 Å². The number of hydrogen-bond acceptors (Lipinski definition) is 3. The molecule has 6 heteroatoms. The molecule has 2 amide bonds. The Balaban J connectivity index is 4.10. The average molecular weight is 302 g/mol. The molecular formula is C15H30N2O4. The van der Waals surface area contributed by atoms with Gasteiger partial charge in [0.1, 0.15) is 0 Å². The highest BCUT2D eigenvalue weighted by atomic mass is 16.5. The predicted molar refractivity (Wildman–Crippen MR) is 82.3 cm³/mol. The van der Waals surface area contributed by atoms with Gasteiger partial charge in [-0.05, 0) is 24.2 Å². The third-order valence-electron chi connectivity index (χ3n) is 3.32. The fourth-order valence-electron chi connectivity index (χ4n) is 1.91. The van der Waals surface area contributed by atoms with Gasteiger partial charge >= 0.3 is 12.0 Å². The molecular weight excluding hydrogens is 272 g/mol. The molecule has 0 rings (SSSR count). The molecule has 21 heavy (non-hydrogen) atoms. The lowest BCUT2D eigenvalue weighted by molar-refractivity contribution is -0.142. The second kappa shape index (κ2) is 9.60. The van der Waals surface area contributed by atoms with Crippen molar-refractivity contribution < 1.29 is 19.4 Å². The zero-order chi connectivity index (χ0) is 16.5. The van der Waals surface area contributed by atoms with Crippen molar-refractivity contribution in [2.75, 3.05) is 26.8 Å². The molecule has 0 aliphatic heterocycles. The molecule has 0 aromatic rings. The number of hydrogen-bond donors (Lipinski definition) is 3. The van der Waals surface area contributed by atoms with Crippen LogP contribution >= 0.6 is 0 Å². The second-order valence-electron chi connectivity index (χ2n) is 6.64. The van der Waals surface area contributed by atoms with E-state index < -0.39 is 11.9 Å². The second-order valence-corrected chi connectivity index (χ2v) is 6.64. The molecule has 0 bridgehead atoms. The number of ether oxygens (including phenoxy) is 1. The first-order chi connectivity index (χ1) is 9.68. The summed E-state index contributed by atoms with van der Waals surface area (Å²) < 4.78 is 5.03. The van der Waals surface area contributed by atoms with E-state index in [1.54, 1.807) is 7.11 Å². The lowest BCUT2D eigenvalue weighted by atomic mass is 9.90. The molecule has 1 atom stereocenters. The number of carboxylic acids is 1. The topological polar surface area (TPSA) is 87.7 Å². The summed E-state index contributed by atoms with van der Waals surface area (Å²) >= 11 is 0. The molecule has 0 heterocycles. The minimum atomic E-state index is -0.871. The molecule has 3 N–H and O–H groups in total. The van der Waals surface area contributed by atoms with Crippen LogP contribution in [0.2, 0.25) is 0 Å². The third kappa shape index (κ3) is 10.1. The van der Waals surface area contributed by atoms with Gasteiger partial charge in [0.15, 0.2) is 0 Å². The van der Waals surface area contributed by atoms with Crippen LogP contribution in [-0.2, 0) is 9.53 Å². The van der Waals surface area contributed by atoms with E-state index >= 15 is 0 Å². The van der Waals surface area contributed by atoms with Crippen LogP contribution < -0.4 is 10.6 Å². The van der Waals surface area contributed by atoms with Gasteiger partial charge in [0.25, 0.3) is 0 Å². The van der Waals surface area contributed by atoms with E-state index in [2.05, 4.69) is 10.6 Å². The van der Waals surface area contributed by atoms with E-state index in [4.69, 9.17) is 9.84 Å². The molecule has 0 aliphatic carbocycles. The first kappa shape index (κ1) is 19.7. The molecule has 0 aliphatic rings. The number of urea groups is 1. The van der Waals surface area contributed by atoms with Crippen LogP contribution in [0.5, 0.6) is 0 Å². The number of carboxylic acid groups (broad SMARTS) is 1. The molecule has 1 unspecified atom stereocenters. The highest BCUT2D eigenvalue weighted by Gasteiger charge is 2.21. The van der Waals surface area contributed by atoms with Crippen molar-refractivity contribution in [1.29, 1.82) is 0 Å². The Morgan fingerprint density at radius 1 is 1.24 bits per heavy atom. The maximum absolute atomic E-state index is 11.7. The van der Waals surface area contributed by atoms with Crippen molar-refractivity contribution in [1.82, 2.24) is 10.6 Å². The van der Waals surface area contributed by atoms with Crippen LogP contribution in [0.3, 0.4) is 0 Å². The van der Waals surface area contributed by atoms with E-state index in [1.165, 1.54) is 0 Å². The van der Waals surface area contributed by atoms with Crippen molar-refractivity contribution in [3.05, 3.63) is 0 Å². The monoisotopic (exact) mass is 302 g/mol. The van der Waals surface area contributed by atoms with E-state index in [0.29, 0.717) is 19.6 Å². The van der Waals surface area contributed by atoms with Crippen molar-refractivity contribution in [3.8, 4) is 0 Å². The molecule has 0 saturated heterocycles. The van der Waals surface area contributed by atoms with Crippen molar-refractivity contribution in [2.24, 2.45) is 17.3 Å². The first-order valence-corrected chi connectivity index (χ1v) is 7.41. The summed E-state index contributed by atoms with van der Waals surface area (Å²) in [6, 6.07) is -0.324. The number of aliphatic carboxylic acids is 1. The molecule has 0 fully saturated rings. The fraction of sp³-hybridized carbons (Fsp3) is 0.867. The lowest BCUT2D eigenvalue weighted by Gasteiger charge is -2.25. The smallest absolute Gasteiger partial charge is 0.314 e. The predicted octanol–water partition coefficient (Wildman–Crippen LogP) is 2.10. The van der Waals surface area contributed by atoms with E-state index in [1.807, 2.05) is 27.7 Å². The van der Waals surface area contributed by atoms with Crippen LogP contribution in [0.4, 0.5) is 4.79 Å². The van der Waals surface area contributed by atoms with Gasteiger partial charge in [-0.2, -0.15) is 0 Å². The van der Waals surface area contributed by atoms with E-state index in [0.717, 1.165) is 6.42 Å². The van der Waals surface area contributed by atoms with Gasteiger partial charge in [0.05, 0.1) is 5.92 Å². The van der Waals surface area contributed by atoms with Crippen molar-refractivity contribution >= 4 is 12.0 Å². The van der Waals surface area contributed by atoms with Gasteiger partial charge in [-0.15, -0.1) is 0 Å². The van der Waals surface area contributed by atoms with E-state index in [9.17, 15) is 9.59 Å². The van der Waals surface area contributed by atoms with Crippen LogP contribution in [0.1, 0.15) is 40.5 Å². The first-order valence-electron chi connectivity index (χ1n) is 7.41. The number of amides is 2. The standard InChI is InChI=1S/C15H30N2O4/c1-11(2)8-12(13(18)19)9-16-14(20)17-10-15(3,4)6-7-21-5/h11-12H,6-10H2,1-5H3,(H,18,19)(H2,16,17,20). The Morgan fingerprint density at radius 3 is 2.33 bits per heavy atom. The molecule has 0 radical (unpaired) electrons. The van der Waals surface area contributed by atoms with Crippen LogP contribution in [0.15, 0.2) is 0 Å². The zero-order valence-electron chi connectivity index (χ0n) is 13.9. The van der Waals surface area contributed by atoms with E-state index in [-0.39, 0.29) is 23.9 Å². The van der Waals surface area contributed by atoms with Crippen LogP contribution in [0.25, 0.3) is 0 Å². The summed E-state index contributed by atoms with van der Waals surface area (Å²) in [6.45, 7) is 9.34. The fourth-order valence-corrected chi connectivity index (χ4v) is 1.91. The average Bonchev–Trinajstić information content (AvgIpc) is 2.38. The summed E-state index contributed by atoms with van der Waals surface area (Å²) in [4.78, 5) is 22.8. The van der Waals surface area contributed by atoms with Crippen LogP contribution in [-0.4, -0.2) is 43.9 Å². The Labute approximate surface area is 127 Å². The molecule has 0 spiro atoms. The van der Waals surface area contributed by atoms with Gasteiger partial charge in [0, 0.05) is 26.8 Å². The maximum Gasteiger partial charge on any atom is 0.314 e. The minimum Gasteiger partial charge on any atom is -0.481 e. The number of carbonyl (C=O) groups excluding carboxylic acids is 1. The summed E-state index contributed by atoms with van der Waals surface area (Å²) in [7, 11) is 1.65. The summed E-state index contributed by atoms with van der Waals surface area (Å²) in [6.07, 6.45) is 1.39. The molecule has 0 aromatic heterocycles. The highest BCUT2D eigenvalue weighted by Crippen LogP contribution is 2.18. The SMILES string of the molecule is COCCC(C)(C)CNC(=O)NCC(CC(C)C)C(=O)O. The molecule has 124 valence electrons. The van der Waals surface area contributed by atoms with Gasteiger partial charge < -0.3 is 20.5 Å². The van der Waals surface area contributed by atoms with Gasteiger partial charge in [-0.25, -0.2) is 4.79 Å². The summed E-state index contributed by atoms with van der Waals surface area (Å²) in [5, 5.41) is 14.5. The zero-order valence-corrected chi connectivity index (χ0v) is 13.9. The number of rotatable bonds is 10. The van der Waals surface area contributed by atoms with Gasteiger partial charge in [-0.3, -0.25) is 4.79 Å². The van der Waals surface area contributed by atoms with Crippen molar-refractivity contribution in [3.63, 3.8) is 0 Å². The minimum absolute atomic E-state index is 0.0581. The normalized spacial score (nSPS) is 13.0. The lowest BCUT2D eigenvalue weighted by Crippen LogP contribution is -2.43. The Morgan fingerprint density at radius 2 is 1.86 bits per heavy atom. The van der Waals surface area contributed by atoms with Gasteiger partial charge in [0.2, 0.25) is 0 Å². The quantitative estimate of drug-likeness (QED) is 0.576. The maximum atomic E-state index is 11.7. The number of nitrogens with one attached hydrogen (secondary N) is 2. The Kier molecular flexibility index (Phi) is 9.01. The van der Waals surface area contributed by atoms with Crippen molar-refractivity contribution in [2.45, 2.75) is 40.5 Å². The number of methoxy groups -OCH3 is 1. The van der Waals surface area contributed by atoms with Crippen LogP contribution in [0, 0.1) is 17.3 Å². The molecule has 0 aromatic carbocycles. The number of carbonyl (C=O) groups is 2. The third-order valence-corrected chi connectivity index (χ3v) is 3.32. The molecule has 0 saturated carbocycles. The summed E-state index contributed by atoms with van der Waals surface area (Å²) in [5.41, 5.74) is -0.0581. The largest absolute Gasteiger partial charge is 0.481 e. The Bertz CT molecular complexity index is 330. The Hall–Kier alpha value is -1.30. The highest BCUT2D eigenvalue weighted by molar-refractivity contribution is 5.75. The molecule has 6 nitrogen and oxygen atoms in total. The summed E-state index contributed by atoms with van der Waals surface area (Å²) in [5.74, 6) is -1.13.